The molecule has 6 aromatic rings. The Morgan fingerprint density at radius 1 is 0.947 bits per heavy atom. The lowest BCUT2D eigenvalue weighted by molar-refractivity contribution is -0.120. The molecule has 188 valence electrons. The van der Waals surface area contributed by atoms with Crippen LogP contribution in [0.3, 0.4) is 0 Å². The highest BCUT2D eigenvalue weighted by atomic mass is 32.1. The summed E-state index contributed by atoms with van der Waals surface area (Å²) in [7, 11) is 0. The molecule has 2 aromatic carbocycles. The summed E-state index contributed by atoms with van der Waals surface area (Å²) in [5.74, 6) is 0.918. The summed E-state index contributed by atoms with van der Waals surface area (Å²) in [5.41, 5.74) is 8.52. The molecule has 3 N–H and O–H groups in total. The van der Waals surface area contributed by atoms with Gasteiger partial charge in [0.05, 0.1) is 28.4 Å². The first-order chi connectivity index (χ1) is 18.7. The molecule has 7 nitrogen and oxygen atoms in total. The van der Waals surface area contributed by atoms with Gasteiger partial charge in [-0.3, -0.25) is 14.9 Å². The molecule has 0 aliphatic heterocycles. The minimum atomic E-state index is 0.0984. The van der Waals surface area contributed by atoms with Crippen molar-refractivity contribution in [3.05, 3.63) is 71.7 Å². The Bertz CT molecular complexity index is 1760. The number of anilines is 1. The topological polar surface area (TPSA) is 99.3 Å². The average molecular weight is 519 g/mol. The highest BCUT2D eigenvalue weighted by molar-refractivity contribution is 7.08. The van der Waals surface area contributed by atoms with E-state index in [4.69, 9.17) is 4.98 Å². The Labute approximate surface area is 223 Å². The van der Waals surface area contributed by atoms with E-state index >= 15 is 0 Å². The molecule has 7 rings (SSSR count). The number of hydrogen-bond acceptors (Lipinski definition) is 5. The second-order valence-corrected chi connectivity index (χ2v) is 10.7. The Hall–Kier alpha value is -4.30. The number of pyridine rings is 1. The summed E-state index contributed by atoms with van der Waals surface area (Å²) < 4.78 is 0. The fourth-order valence-corrected chi connectivity index (χ4v) is 6.10. The summed E-state index contributed by atoms with van der Waals surface area (Å²) in [6, 6.07) is 16.5. The zero-order valence-corrected chi connectivity index (χ0v) is 21.5. The van der Waals surface area contributed by atoms with Crippen LogP contribution < -0.4 is 5.32 Å². The Morgan fingerprint density at radius 2 is 1.87 bits per heavy atom. The molecule has 1 saturated carbocycles. The van der Waals surface area contributed by atoms with Gasteiger partial charge in [0, 0.05) is 28.6 Å². The summed E-state index contributed by atoms with van der Waals surface area (Å²) in [6.45, 7) is 0. The van der Waals surface area contributed by atoms with E-state index in [0.717, 1.165) is 87.1 Å². The lowest BCUT2D eigenvalue weighted by Crippen LogP contribution is -2.24. The predicted molar refractivity (Wildman–Crippen MR) is 153 cm³/mol. The van der Waals surface area contributed by atoms with Crippen molar-refractivity contribution in [1.29, 1.82) is 0 Å². The summed E-state index contributed by atoms with van der Waals surface area (Å²) >= 11 is 1.68. The van der Waals surface area contributed by atoms with Gasteiger partial charge in [-0.2, -0.15) is 16.4 Å². The lowest BCUT2D eigenvalue weighted by Gasteiger charge is -2.20. The van der Waals surface area contributed by atoms with Crippen LogP contribution in [0.5, 0.6) is 0 Å². The minimum absolute atomic E-state index is 0.0984. The number of fused-ring (bicyclic) bond motifs is 2. The van der Waals surface area contributed by atoms with E-state index in [1.165, 1.54) is 6.42 Å². The minimum Gasteiger partial charge on any atom is -0.337 e. The van der Waals surface area contributed by atoms with Gasteiger partial charge >= 0.3 is 0 Å². The third-order valence-corrected chi connectivity index (χ3v) is 8.13. The van der Waals surface area contributed by atoms with Crippen molar-refractivity contribution in [2.75, 3.05) is 5.32 Å². The fraction of sp³-hybridized carbons (Fsp3) is 0.200. The van der Waals surface area contributed by atoms with Gasteiger partial charge in [-0.05, 0) is 65.1 Å². The molecule has 1 aliphatic rings. The van der Waals surface area contributed by atoms with E-state index < -0.39 is 0 Å². The van der Waals surface area contributed by atoms with Crippen molar-refractivity contribution < 1.29 is 4.79 Å². The number of benzene rings is 2. The van der Waals surface area contributed by atoms with Crippen molar-refractivity contribution in [3.8, 4) is 33.8 Å². The highest BCUT2D eigenvalue weighted by Gasteiger charge is 2.21. The molecule has 0 radical (unpaired) electrons. The second-order valence-electron chi connectivity index (χ2n) is 9.92. The molecule has 4 aromatic heterocycles. The average Bonchev–Trinajstić information content (AvgIpc) is 3.73. The highest BCUT2D eigenvalue weighted by Crippen LogP contribution is 2.34. The van der Waals surface area contributed by atoms with Gasteiger partial charge in [0.1, 0.15) is 5.69 Å². The predicted octanol–water partition coefficient (Wildman–Crippen LogP) is 7.42. The third kappa shape index (κ3) is 4.16. The van der Waals surface area contributed by atoms with Gasteiger partial charge in [-0.25, -0.2) is 4.98 Å². The number of nitrogens with zero attached hydrogens (tertiary/aromatic N) is 3. The maximum atomic E-state index is 12.8. The summed E-state index contributed by atoms with van der Waals surface area (Å²) in [6.07, 6.45) is 8.96. The molecule has 0 atom stereocenters. The van der Waals surface area contributed by atoms with Crippen molar-refractivity contribution in [2.45, 2.75) is 32.1 Å². The van der Waals surface area contributed by atoms with Crippen LogP contribution in [-0.2, 0) is 4.79 Å². The van der Waals surface area contributed by atoms with E-state index in [-0.39, 0.29) is 11.8 Å². The second kappa shape index (κ2) is 9.54. The number of nitrogens with one attached hydrogen (secondary N) is 3. The van der Waals surface area contributed by atoms with Crippen molar-refractivity contribution >= 4 is 44.9 Å². The number of aromatic nitrogens is 5. The number of amides is 1. The van der Waals surface area contributed by atoms with E-state index in [9.17, 15) is 4.79 Å². The number of rotatable bonds is 5. The normalized spacial score (nSPS) is 14.3. The first-order valence-corrected chi connectivity index (χ1v) is 13.9. The number of carbonyl (C=O) groups excluding carboxylic acids is 1. The molecule has 1 aliphatic carbocycles. The number of imidazole rings is 1. The zero-order valence-electron chi connectivity index (χ0n) is 20.7. The molecule has 1 fully saturated rings. The van der Waals surface area contributed by atoms with E-state index in [1.807, 2.05) is 36.5 Å². The summed E-state index contributed by atoms with van der Waals surface area (Å²) in [4.78, 5) is 25.6. The van der Waals surface area contributed by atoms with Gasteiger partial charge in [-0.1, -0.05) is 37.5 Å². The van der Waals surface area contributed by atoms with Crippen LogP contribution in [0, 0.1) is 5.92 Å². The first kappa shape index (κ1) is 22.9. The molecule has 0 saturated heterocycles. The fourth-order valence-electron chi connectivity index (χ4n) is 5.44. The van der Waals surface area contributed by atoms with Crippen molar-refractivity contribution in [2.24, 2.45) is 5.92 Å². The molecule has 38 heavy (non-hydrogen) atoms. The van der Waals surface area contributed by atoms with Crippen LogP contribution in [0.15, 0.2) is 71.7 Å². The van der Waals surface area contributed by atoms with Crippen LogP contribution in [0.1, 0.15) is 32.1 Å². The van der Waals surface area contributed by atoms with Gasteiger partial charge in [0.25, 0.3) is 0 Å². The van der Waals surface area contributed by atoms with Crippen molar-refractivity contribution in [3.63, 3.8) is 0 Å². The number of H-pyrrole nitrogens is 2. The molecule has 0 bridgehead atoms. The van der Waals surface area contributed by atoms with E-state index in [0.29, 0.717) is 0 Å². The zero-order chi connectivity index (χ0) is 25.5. The third-order valence-electron chi connectivity index (χ3n) is 7.45. The lowest BCUT2D eigenvalue weighted by atomic mass is 9.88. The molecule has 4 heterocycles. The van der Waals surface area contributed by atoms with Gasteiger partial charge in [0.15, 0.2) is 5.82 Å². The Balaban J connectivity index is 1.23. The monoisotopic (exact) mass is 518 g/mol. The molecular formula is C30H26N6OS. The van der Waals surface area contributed by atoms with Gasteiger partial charge < -0.3 is 10.3 Å². The molecule has 8 heteroatoms. The van der Waals surface area contributed by atoms with Gasteiger partial charge in [-0.15, -0.1) is 0 Å². The first-order valence-electron chi connectivity index (χ1n) is 13.0. The standard InChI is InChI=1S/C30H26N6OS/c37-30(18-5-2-1-3-6-18)32-22-13-21(15-31-16-22)19-9-10-25-24(14-19)28(36-35-25)29-33-26-8-4-7-23(27(26)34-29)20-11-12-38-17-20/h4,7-18H,1-3,5-6H2,(H,32,37)(H,33,34)(H,35,36). The number of carbonyl (C=O) groups is 1. The van der Waals surface area contributed by atoms with Crippen LogP contribution in [0.25, 0.3) is 55.7 Å². The van der Waals surface area contributed by atoms with Crippen LogP contribution in [-0.4, -0.2) is 31.1 Å². The van der Waals surface area contributed by atoms with Gasteiger partial charge in [0.2, 0.25) is 5.91 Å². The maximum Gasteiger partial charge on any atom is 0.227 e. The van der Waals surface area contributed by atoms with E-state index in [1.54, 1.807) is 17.5 Å². The number of hydrogen-bond donors (Lipinski definition) is 3. The molecular weight excluding hydrogens is 492 g/mol. The largest absolute Gasteiger partial charge is 0.337 e. The maximum absolute atomic E-state index is 12.8. The number of para-hydroxylation sites is 1. The van der Waals surface area contributed by atoms with E-state index in [2.05, 4.69) is 54.4 Å². The number of thiophene rings is 1. The van der Waals surface area contributed by atoms with Crippen LogP contribution in [0.4, 0.5) is 5.69 Å². The molecule has 1 amide bonds. The Kier molecular flexibility index (Phi) is 5.74. The summed E-state index contributed by atoms with van der Waals surface area (Å²) in [5, 5.41) is 16.0. The van der Waals surface area contributed by atoms with Crippen LogP contribution in [0.2, 0.25) is 0 Å². The smallest absolute Gasteiger partial charge is 0.227 e. The molecule has 0 unspecified atom stereocenters. The van der Waals surface area contributed by atoms with Crippen LogP contribution >= 0.6 is 11.3 Å². The Morgan fingerprint density at radius 3 is 2.74 bits per heavy atom. The van der Waals surface area contributed by atoms with Crippen molar-refractivity contribution in [1.82, 2.24) is 25.1 Å². The number of aromatic amines is 2. The quantitative estimate of drug-likeness (QED) is 0.221. The molecule has 0 spiro atoms. The SMILES string of the molecule is O=C(Nc1cncc(-c2ccc3[nH]nc(-c4nc5c(-c6ccsc6)cccc5[nH]4)c3c2)c1)C1CCCCC1.